The number of hydrogen-bond donors (Lipinski definition) is 2. The Hall–Kier alpha value is 0.220. The first-order chi connectivity index (χ1) is 9.74. The van der Waals surface area contributed by atoms with E-state index in [2.05, 4.69) is 29.0 Å². The van der Waals surface area contributed by atoms with Crippen molar-refractivity contribution in [2.75, 3.05) is 45.8 Å². The number of nitrogens with zero attached hydrogens (tertiary/aromatic N) is 2. The molecule has 1 aliphatic heterocycles. The highest BCUT2D eigenvalue weighted by Gasteiger charge is 2.27. The van der Waals surface area contributed by atoms with E-state index in [0.717, 1.165) is 39.3 Å². The number of carbonyl (C=O) groups is 1. The van der Waals surface area contributed by atoms with Gasteiger partial charge in [0.05, 0.1) is 6.04 Å². The number of nitrogens with one attached hydrogen (secondary N) is 1. The molecule has 1 fully saturated rings. The highest BCUT2D eigenvalue weighted by molar-refractivity contribution is 5.86. The van der Waals surface area contributed by atoms with Gasteiger partial charge in [-0.1, -0.05) is 34.6 Å². The minimum Gasteiger partial charge on any atom is -0.354 e. The molecule has 1 unspecified atom stereocenters. The van der Waals surface area contributed by atoms with Gasteiger partial charge in [0.1, 0.15) is 0 Å². The molecule has 0 bridgehead atoms. The molecule has 8 heteroatoms. The number of halogens is 3. The molecule has 2 atom stereocenters. The molecule has 1 amide bonds. The average molecular weight is 408 g/mol. The van der Waals surface area contributed by atoms with E-state index in [1.807, 2.05) is 20.8 Å². The monoisotopic (exact) mass is 406 g/mol. The molecule has 0 aromatic heterocycles. The van der Waals surface area contributed by atoms with Gasteiger partial charge in [-0.05, 0) is 17.9 Å². The second-order valence-corrected chi connectivity index (χ2v) is 7.43. The molecule has 3 N–H and O–H groups in total. The first kappa shape index (κ1) is 29.0. The molecule has 0 spiro atoms. The van der Waals surface area contributed by atoms with E-state index < -0.39 is 6.04 Å². The summed E-state index contributed by atoms with van der Waals surface area (Å²) in [6.07, 6.45) is 0. The van der Waals surface area contributed by atoms with Gasteiger partial charge in [0.25, 0.3) is 0 Å². The summed E-state index contributed by atoms with van der Waals surface area (Å²) in [6, 6.07) is -0.446. The molecule has 0 aromatic rings. The zero-order valence-electron chi connectivity index (χ0n) is 15.7. The Morgan fingerprint density at radius 1 is 1.08 bits per heavy atom. The number of piperazine rings is 1. The van der Waals surface area contributed by atoms with E-state index in [-0.39, 0.29) is 48.5 Å². The van der Waals surface area contributed by atoms with Crippen LogP contribution in [-0.4, -0.2) is 67.6 Å². The molecular weight excluding hydrogens is 371 g/mol. The summed E-state index contributed by atoms with van der Waals surface area (Å²) in [4.78, 5) is 17.0. The number of rotatable bonds is 6. The first-order valence-corrected chi connectivity index (χ1v) is 8.22. The van der Waals surface area contributed by atoms with Crippen molar-refractivity contribution in [3.63, 3.8) is 0 Å². The standard InChI is InChI=1S/C16H34N4O.3ClH/c1-6-19-7-9-20(10-8-19)12-13(2)11-18-15(21)14(17)16(3,4)5;;;/h13-14H,6-12,17H2,1-5H3,(H,18,21);3*1H/t13?,14-;;;/m1.../s1. The SMILES string of the molecule is CCN1CCN(CC(C)CNC(=O)[C@@H](N)C(C)(C)C)CC1.Cl.Cl.Cl. The maximum atomic E-state index is 12.0. The third-order valence-electron chi connectivity index (χ3n) is 4.32. The second kappa shape index (κ2) is 13.4. The van der Waals surface area contributed by atoms with E-state index in [1.165, 1.54) is 0 Å². The van der Waals surface area contributed by atoms with Gasteiger partial charge in [0.15, 0.2) is 0 Å². The molecule has 5 nitrogen and oxygen atoms in total. The molecule has 1 aliphatic rings. The van der Waals surface area contributed by atoms with Gasteiger partial charge < -0.3 is 20.9 Å². The van der Waals surface area contributed by atoms with Gasteiger partial charge in [-0.3, -0.25) is 4.79 Å². The van der Waals surface area contributed by atoms with Crippen LogP contribution in [0.1, 0.15) is 34.6 Å². The van der Waals surface area contributed by atoms with Crippen molar-refractivity contribution >= 4 is 43.1 Å². The zero-order valence-corrected chi connectivity index (χ0v) is 18.2. The third-order valence-corrected chi connectivity index (χ3v) is 4.32. The molecule has 0 radical (unpaired) electrons. The summed E-state index contributed by atoms with van der Waals surface area (Å²) in [5.74, 6) is 0.416. The number of nitrogens with two attached hydrogens (primary N) is 1. The highest BCUT2D eigenvalue weighted by atomic mass is 35.5. The van der Waals surface area contributed by atoms with Crippen LogP contribution in [0.15, 0.2) is 0 Å². The van der Waals surface area contributed by atoms with E-state index in [0.29, 0.717) is 12.5 Å². The summed E-state index contributed by atoms with van der Waals surface area (Å²) in [7, 11) is 0. The molecule has 1 saturated heterocycles. The van der Waals surface area contributed by atoms with Gasteiger partial charge in [-0.15, -0.1) is 37.2 Å². The van der Waals surface area contributed by atoms with Crippen molar-refractivity contribution in [1.29, 1.82) is 0 Å². The molecule has 148 valence electrons. The van der Waals surface area contributed by atoms with Crippen LogP contribution in [0.4, 0.5) is 0 Å². The largest absolute Gasteiger partial charge is 0.354 e. The number of likely N-dealkylation sites (N-methyl/N-ethyl adjacent to an activating group) is 1. The smallest absolute Gasteiger partial charge is 0.237 e. The average Bonchev–Trinajstić information content (AvgIpc) is 2.43. The van der Waals surface area contributed by atoms with Crippen LogP contribution in [0.3, 0.4) is 0 Å². The predicted molar refractivity (Wildman–Crippen MR) is 110 cm³/mol. The Morgan fingerprint density at radius 3 is 1.96 bits per heavy atom. The Balaban J connectivity index is -0.00000147. The summed E-state index contributed by atoms with van der Waals surface area (Å²) in [6.45, 7) is 17.9. The molecule has 0 saturated carbocycles. The van der Waals surface area contributed by atoms with Crippen LogP contribution in [0, 0.1) is 11.3 Å². The van der Waals surface area contributed by atoms with Crippen molar-refractivity contribution in [1.82, 2.24) is 15.1 Å². The van der Waals surface area contributed by atoms with Crippen LogP contribution in [0.2, 0.25) is 0 Å². The number of carbonyl (C=O) groups excluding carboxylic acids is 1. The lowest BCUT2D eigenvalue weighted by molar-refractivity contribution is -0.124. The van der Waals surface area contributed by atoms with Crippen molar-refractivity contribution < 1.29 is 4.79 Å². The fourth-order valence-corrected chi connectivity index (χ4v) is 2.57. The molecule has 0 aliphatic carbocycles. The summed E-state index contributed by atoms with van der Waals surface area (Å²) in [5.41, 5.74) is 5.78. The normalized spacial score (nSPS) is 18.4. The van der Waals surface area contributed by atoms with Crippen molar-refractivity contribution in [3.05, 3.63) is 0 Å². The molecule has 0 aromatic carbocycles. The maximum absolute atomic E-state index is 12.0. The van der Waals surface area contributed by atoms with Crippen molar-refractivity contribution in [2.24, 2.45) is 17.1 Å². The van der Waals surface area contributed by atoms with Crippen molar-refractivity contribution in [2.45, 2.75) is 40.7 Å². The minimum atomic E-state index is -0.446. The van der Waals surface area contributed by atoms with Crippen molar-refractivity contribution in [3.8, 4) is 0 Å². The number of amides is 1. The third kappa shape index (κ3) is 10.3. The zero-order chi connectivity index (χ0) is 16.0. The van der Waals surface area contributed by atoms with Gasteiger partial charge in [0.2, 0.25) is 5.91 Å². The Labute approximate surface area is 166 Å². The lowest BCUT2D eigenvalue weighted by atomic mass is 9.87. The van der Waals surface area contributed by atoms with E-state index in [1.54, 1.807) is 0 Å². The van der Waals surface area contributed by atoms with Crippen LogP contribution >= 0.6 is 37.2 Å². The van der Waals surface area contributed by atoms with Crippen LogP contribution < -0.4 is 11.1 Å². The Bertz CT molecular complexity index is 332. The summed E-state index contributed by atoms with van der Waals surface area (Å²) in [5, 5.41) is 3.00. The number of hydrogen-bond acceptors (Lipinski definition) is 4. The molecule has 1 heterocycles. The first-order valence-electron chi connectivity index (χ1n) is 8.22. The van der Waals surface area contributed by atoms with Crippen LogP contribution in [0.5, 0.6) is 0 Å². The van der Waals surface area contributed by atoms with Gasteiger partial charge in [-0.25, -0.2) is 0 Å². The molecular formula is C16H37Cl3N4O. The van der Waals surface area contributed by atoms with E-state index >= 15 is 0 Å². The van der Waals surface area contributed by atoms with Gasteiger partial charge >= 0.3 is 0 Å². The highest BCUT2D eigenvalue weighted by Crippen LogP contribution is 2.17. The molecule has 24 heavy (non-hydrogen) atoms. The second-order valence-electron chi connectivity index (χ2n) is 7.43. The van der Waals surface area contributed by atoms with E-state index in [9.17, 15) is 4.79 Å². The Morgan fingerprint density at radius 2 is 1.54 bits per heavy atom. The maximum Gasteiger partial charge on any atom is 0.237 e. The van der Waals surface area contributed by atoms with E-state index in [4.69, 9.17) is 5.73 Å². The summed E-state index contributed by atoms with van der Waals surface area (Å²) >= 11 is 0. The Kier molecular flexibility index (Phi) is 16.2. The van der Waals surface area contributed by atoms with Gasteiger partial charge in [-0.2, -0.15) is 0 Å². The quantitative estimate of drug-likeness (QED) is 0.707. The topological polar surface area (TPSA) is 61.6 Å². The summed E-state index contributed by atoms with van der Waals surface area (Å²) < 4.78 is 0. The minimum absolute atomic E-state index is 0. The van der Waals surface area contributed by atoms with Crippen LogP contribution in [-0.2, 0) is 4.79 Å². The fraction of sp³-hybridized carbons (Fsp3) is 0.938. The van der Waals surface area contributed by atoms with Crippen LogP contribution in [0.25, 0.3) is 0 Å². The lowest BCUT2D eigenvalue weighted by Crippen LogP contribution is -2.51. The molecule has 1 rings (SSSR count). The fourth-order valence-electron chi connectivity index (χ4n) is 2.57. The van der Waals surface area contributed by atoms with Gasteiger partial charge in [0, 0.05) is 39.3 Å². The lowest BCUT2D eigenvalue weighted by Gasteiger charge is -2.35. The predicted octanol–water partition coefficient (Wildman–Crippen LogP) is 2.02.